The molecule has 124 valence electrons. The Bertz CT molecular complexity index is 496. The van der Waals surface area contributed by atoms with Gasteiger partial charge in [-0.3, -0.25) is 4.79 Å². The molecule has 1 aromatic rings. The topological polar surface area (TPSA) is 50.8 Å². The summed E-state index contributed by atoms with van der Waals surface area (Å²) >= 11 is 0. The van der Waals surface area contributed by atoms with Crippen molar-refractivity contribution in [3.05, 3.63) is 23.8 Å². The molecule has 0 saturated carbocycles. The molecule has 1 aliphatic heterocycles. The molecule has 1 aliphatic rings. The van der Waals surface area contributed by atoms with Gasteiger partial charge in [0.15, 0.2) is 0 Å². The maximum absolute atomic E-state index is 12.4. The number of carbonyl (C=O) groups is 1. The van der Waals surface area contributed by atoms with E-state index in [0.29, 0.717) is 12.8 Å². The van der Waals surface area contributed by atoms with Crippen LogP contribution in [-0.4, -0.2) is 50.7 Å². The fraction of sp³-hybridized carbons (Fsp3) is 0.562. The summed E-state index contributed by atoms with van der Waals surface area (Å²) in [6.07, 6.45) is 1.16. The van der Waals surface area contributed by atoms with Gasteiger partial charge in [-0.2, -0.15) is 0 Å². The normalized spacial score (nSPS) is 17.6. The number of hydrogen-bond acceptors (Lipinski definition) is 4. The summed E-state index contributed by atoms with van der Waals surface area (Å²) in [7, 11) is 3.28. The molecular weight excluding hydrogens is 304 g/mol. The molecule has 1 fully saturated rings. The average molecular weight is 329 g/mol. The van der Waals surface area contributed by atoms with Gasteiger partial charge in [0.25, 0.3) is 0 Å². The number of carbonyl (C=O) groups excluding carboxylic acids is 1. The van der Waals surface area contributed by atoms with Gasteiger partial charge >= 0.3 is 0 Å². The van der Waals surface area contributed by atoms with Gasteiger partial charge in [0.05, 0.1) is 14.2 Å². The number of rotatable bonds is 5. The number of ether oxygens (including phenoxy) is 2. The Morgan fingerprint density at radius 3 is 2.77 bits per heavy atom. The van der Waals surface area contributed by atoms with E-state index in [2.05, 4.69) is 12.2 Å². The second-order valence-electron chi connectivity index (χ2n) is 5.32. The van der Waals surface area contributed by atoms with E-state index < -0.39 is 0 Å². The lowest BCUT2D eigenvalue weighted by Crippen LogP contribution is -2.52. The molecule has 0 radical (unpaired) electrons. The fourth-order valence-electron chi connectivity index (χ4n) is 2.67. The van der Waals surface area contributed by atoms with E-state index in [-0.39, 0.29) is 24.4 Å². The van der Waals surface area contributed by atoms with Gasteiger partial charge in [0, 0.05) is 32.1 Å². The molecule has 1 N–H and O–H groups in total. The number of aryl methyl sites for hydroxylation is 1. The zero-order valence-corrected chi connectivity index (χ0v) is 14.2. The number of nitrogens with zero attached hydrogens (tertiary/aromatic N) is 1. The van der Waals surface area contributed by atoms with Crippen LogP contribution in [0.3, 0.4) is 0 Å². The lowest BCUT2D eigenvalue weighted by molar-refractivity contribution is -0.133. The van der Waals surface area contributed by atoms with Crippen molar-refractivity contribution < 1.29 is 14.3 Å². The van der Waals surface area contributed by atoms with Crippen LogP contribution < -0.4 is 14.8 Å². The van der Waals surface area contributed by atoms with Crippen molar-refractivity contribution in [1.82, 2.24) is 10.2 Å². The highest BCUT2D eigenvalue weighted by Gasteiger charge is 2.22. The monoisotopic (exact) mass is 328 g/mol. The Morgan fingerprint density at radius 2 is 2.14 bits per heavy atom. The molecular formula is C16H25ClN2O3. The van der Waals surface area contributed by atoms with Crippen LogP contribution in [0.1, 0.15) is 18.9 Å². The number of nitrogens with one attached hydrogen (secondary N) is 1. The summed E-state index contributed by atoms with van der Waals surface area (Å²) < 4.78 is 10.6. The lowest BCUT2D eigenvalue weighted by atomic mass is 10.1. The molecule has 1 amide bonds. The van der Waals surface area contributed by atoms with Crippen LogP contribution >= 0.6 is 12.4 Å². The number of benzene rings is 1. The van der Waals surface area contributed by atoms with Crippen LogP contribution in [0.15, 0.2) is 18.2 Å². The molecule has 1 atom stereocenters. The van der Waals surface area contributed by atoms with Crippen LogP contribution in [-0.2, 0) is 11.2 Å². The minimum atomic E-state index is 0. The fourth-order valence-corrected chi connectivity index (χ4v) is 2.67. The van der Waals surface area contributed by atoms with Crippen molar-refractivity contribution in [3.8, 4) is 11.5 Å². The Balaban J connectivity index is 0.00000242. The van der Waals surface area contributed by atoms with E-state index in [4.69, 9.17) is 9.47 Å². The number of hydrogen-bond donors (Lipinski definition) is 1. The van der Waals surface area contributed by atoms with Crippen molar-refractivity contribution in [2.45, 2.75) is 25.8 Å². The van der Waals surface area contributed by atoms with Crippen LogP contribution in [0.4, 0.5) is 0 Å². The van der Waals surface area contributed by atoms with Gasteiger partial charge in [-0.1, -0.05) is 0 Å². The van der Waals surface area contributed by atoms with Crippen LogP contribution in [0, 0.1) is 0 Å². The van der Waals surface area contributed by atoms with Crippen molar-refractivity contribution in [1.29, 1.82) is 0 Å². The average Bonchev–Trinajstić information content (AvgIpc) is 2.52. The van der Waals surface area contributed by atoms with E-state index in [9.17, 15) is 4.79 Å². The standard InChI is InChI=1S/C16H24N2O3.ClH/c1-12-11-17-8-9-18(12)16(19)7-4-13-10-14(20-2)5-6-15(13)21-3;/h5-6,10,12,17H,4,7-9,11H2,1-3H3;1H/t12-;/m1./s1. The van der Waals surface area contributed by atoms with Crippen molar-refractivity contribution in [2.24, 2.45) is 0 Å². The van der Waals surface area contributed by atoms with Gasteiger partial charge in [-0.25, -0.2) is 0 Å². The molecule has 5 nitrogen and oxygen atoms in total. The van der Waals surface area contributed by atoms with E-state index in [0.717, 1.165) is 36.7 Å². The third-order valence-electron chi connectivity index (χ3n) is 3.92. The number of piperazine rings is 1. The van der Waals surface area contributed by atoms with E-state index in [1.807, 2.05) is 23.1 Å². The zero-order chi connectivity index (χ0) is 15.2. The van der Waals surface area contributed by atoms with Crippen LogP contribution in [0.5, 0.6) is 11.5 Å². The summed E-state index contributed by atoms with van der Waals surface area (Å²) in [5.41, 5.74) is 1.01. The number of amides is 1. The molecule has 0 unspecified atom stereocenters. The molecule has 0 bridgehead atoms. The third kappa shape index (κ3) is 4.52. The molecule has 2 rings (SSSR count). The lowest BCUT2D eigenvalue weighted by Gasteiger charge is -2.34. The van der Waals surface area contributed by atoms with E-state index in [1.54, 1.807) is 14.2 Å². The first-order valence-electron chi connectivity index (χ1n) is 7.36. The molecule has 1 saturated heterocycles. The zero-order valence-electron chi connectivity index (χ0n) is 13.4. The maximum Gasteiger partial charge on any atom is 0.223 e. The highest BCUT2D eigenvalue weighted by Crippen LogP contribution is 2.25. The van der Waals surface area contributed by atoms with Gasteiger partial charge < -0.3 is 19.7 Å². The summed E-state index contributed by atoms with van der Waals surface area (Å²) in [6, 6.07) is 5.94. The number of halogens is 1. The molecule has 22 heavy (non-hydrogen) atoms. The second-order valence-corrected chi connectivity index (χ2v) is 5.32. The van der Waals surface area contributed by atoms with Gasteiger partial charge in [-0.05, 0) is 37.1 Å². The SMILES string of the molecule is COc1ccc(OC)c(CCC(=O)N2CCNC[C@H]2C)c1.Cl. The van der Waals surface area contributed by atoms with Crippen molar-refractivity contribution >= 4 is 18.3 Å². The smallest absolute Gasteiger partial charge is 0.223 e. The van der Waals surface area contributed by atoms with Crippen molar-refractivity contribution in [3.63, 3.8) is 0 Å². The molecule has 1 aromatic carbocycles. The minimum Gasteiger partial charge on any atom is -0.497 e. The number of methoxy groups -OCH3 is 2. The van der Waals surface area contributed by atoms with E-state index in [1.165, 1.54) is 0 Å². The Kier molecular flexibility index (Phi) is 7.48. The van der Waals surface area contributed by atoms with Gasteiger partial charge in [-0.15, -0.1) is 12.4 Å². The summed E-state index contributed by atoms with van der Waals surface area (Å²) in [6.45, 7) is 4.61. The first-order chi connectivity index (χ1) is 10.2. The molecule has 0 aliphatic carbocycles. The predicted molar refractivity (Wildman–Crippen MR) is 89.2 cm³/mol. The first-order valence-corrected chi connectivity index (χ1v) is 7.36. The largest absolute Gasteiger partial charge is 0.497 e. The van der Waals surface area contributed by atoms with Crippen molar-refractivity contribution in [2.75, 3.05) is 33.9 Å². The van der Waals surface area contributed by atoms with Crippen LogP contribution in [0.25, 0.3) is 0 Å². The van der Waals surface area contributed by atoms with Gasteiger partial charge in [0.1, 0.15) is 11.5 Å². The maximum atomic E-state index is 12.4. The quantitative estimate of drug-likeness (QED) is 0.896. The second kappa shape index (κ2) is 8.86. The third-order valence-corrected chi connectivity index (χ3v) is 3.92. The predicted octanol–water partition coefficient (Wildman–Crippen LogP) is 1.88. The first kappa shape index (κ1) is 18.6. The molecule has 0 spiro atoms. The Morgan fingerprint density at radius 1 is 1.36 bits per heavy atom. The minimum absolute atomic E-state index is 0. The highest BCUT2D eigenvalue weighted by molar-refractivity contribution is 5.85. The van der Waals surface area contributed by atoms with Crippen LogP contribution in [0.2, 0.25) is 0 Å². The summed E-state index contributed by atoms with van der Waals surface area (Å²) in [4.78, 5) is 14.3. The Labute approximate surface area is 138 Å². The summed E-state index contributed by atoms with van der Waals surface area (Å²) in [5, 5.41) is 3.30. The molecule has 0 aromatic heterocycles. The van der Waals surface area contributed by atoms with E-state index >= 15 is 0 Å². The Hall–Kier alpha value is -1.46. The summed E-state index contributed by atoms with van der Waals surface area (Å²) in [5.74, 6) is 1.79. The van der Waals surface area contributed by atoms with Gasteiger partial charge in [0.2, 0.25) is 5.91 Å². The highest BCUT2D eigenvalue weighted by atomic mass is 35.5. The molecule has 1 heterocycles. The molecule has 6 heteroatoms.